The zero-order chi connectivity index (χ0) is 20.8. The molecule has 2 rings (SSSR count). The molecule has 0 spiro atoms. The third kappa shape index (κ3) is 5.32. The minimum Gasteiger partial charge on any atom is -0.484 e. The Balaban J connectivity index is 2.19. The van der Waals surface area contributed by atoms with Crippen LogP contribution in [0.4, 0.5) is 4.39 Å². The number of nitrogens with zero attached hydrogens (tertiary/aromatic N) is 1. The van der Waals surface area contributed by atoms with Crippen molar-refractivity contribution in [1.82, 2.24) is 10.2 Å². The first-order chi connectivity index (χ1) is 13.2. The average molecular weight is 451 g/mol. The Morgan fingerprint density at radius 3 is 2.39 bits per heavy atom. The molecule has 0 radical (unpaired) electrons. The van der Waals surface area contributed by atoms with E-state index in [2.05, 4.69) is 21.2 Å². The highest BCUT2D eigenvalue weighted by Gasteiger charge is 2.26. The zero-order valence-corrected chi connectivity index (χ0v) is 18.0. The summed E-state index contributed by atoms with van der Waals surface area (Å²) in [4.78, 5) is 26.2. The summed E-state index contributed by atoms with van der Waals surface area (Å²) < 4.78 is 20.7. The van der Waals surface area contributed by atoms with Crippen LogP contribution in [0.25, 0.3) is 0 Å². The number of halogens is 2. The molecule has 0 unspecified atom stereocenters. The highest BCUT2D eigenvalue weighted by atomic mass is 79.9. The first-order valence-electron chi connectivity index (χ1n) is 8.88. The zero-order valence-electron chi connectivity index (χ0n) is 16.4. The van der Waals surface area contributed by atoms with Crippen LogP contribution in [0.2, 0.25) is 0 Å². The van der Waals surface area contributed by atoms with Gasteiger partial charge in [-0.2, -0.15) is 0 Å². The normalized spacial score (nSPS) is 11.6. The monoisotopic (exact) mass is 450 g/mol. The maximum absolute atomic E-state index is 14.1. The van der Waals surface area contributed by atoms with E-state index in [9.17, 15) is 14.0 Å². The molecule has 2 amide bonds. The Bertz CT molecular complexity index is 849. The van der Waals surface area contributed by atoms with E-state index in [1.165, 1.54) is 18.0 Å². The summed E-state index contributed by atoms with van der Waals surface area (Å²) in [6, 6.07) is 9.07. The van der Waals surface area contributed by atoms with Crippen molar-refractivity contribution in [2.24, 2.45) is 0 Å². The van der Waals surface area contributed by atoms with Crippen LogP contribution in [0.15, 0.2) is 40.9 Å². The molecule has 7 heteroatoms. The van der Waals surface area contributed by atoms with E-state index in [0.29, 0.717) is 11.3 Å². The largest absolute Gasteiger partial charge is 0.484 e. The minimum atomic E-state index is -0.769. The lowest BCUT2D eigenvalue weighted by Gasteiger charge is -2.28. The molecule has 2 aromatic carbocycles. The molecule has 0 aromatic heterocycles. The lowest BCUT2D eigenvalue weighted by atomic mass is 10.1. The van der Waals surface area contributed by atoms with Crippen LogP contribution in [-0.4, -0.2) is 36.4 Å². The molecule has 0 saturated carbocycles. The first kappa shape index (κ1) is 21.9. The van der Waals surface area contributed by atoms with E-state index in [1.807, 2.05) is 26.0 Å². The van der Waals surface area contributed by atoms with Crippen molar-refractivity contribution in [3.8, 4) is 5.75 Å². The number of hydrogen-bond acceptors (Lipinski definition) is 3. The number of amides is 2. The van der Waals surface area contributed by atoms with E-state index < -0.39 is 17.8 Å². The van der Waals surface area contributed by atoms with Crippen molar-refractivity contribution < 1.29 is 18.7 Å². The number of ether oxygens (including phenoxy) is 1. The molecular weight excluding hydrogens is 427 g/mol. The fraction of sp³-hybridized carbons (Fsp3) is 0.333. The average Bonchev–Trinajstić information content (AvgIpc) is 2.68. The first-order valence-corrected chi connectivity index (χ1v) is 9.68. The van der Waals surface area contributed by atoms with Gasteiger partial charge in [0.15, 0.2) is 6.61 Å². The van der Waals surface area contributed by atoms with Gasteiger partial charge in [-0.3, -0.25) is 9.59 Å². The molecule has 150 valence electrons. The molecule has 0 fully saturated rings. The van der Waals surface area contributed by atoms with E-state index in [4.69, 9.17) is 4.74 Å². The van der Waals surface area contributed by atoms with Crippen molar-refractivity contribution in [1.29, 1.82) is 0 Å². The Hall–Kier alpha value is -2.41. The van der Waals surface area contributed by atoms with Gasteiger partial charge in [-0.25, -0.2) is 4.39 Å². The summed E-state index contributed by atoms with van der Waals surface area (Å²) in [6.07, 6.45) is 0. The smallest absolute Gasteiger partial charge is 0.261 e. The summed E-state index contributed by atoms with van der Waals surface area (Å²) in [6.45, 7) is 5.19. The lowest BCUT2D eigenvalue weighted by molar-refractivity contribution is -0.142. The summed E-state index contributed by atoms with van der Waals surface area (Å²) in [5.41, 5.74) is 2.32. The lowest BCUT2D eigenvalue weighted by Crippen LogP contribution is -2.48. The third-order valence-corrected chi connectivity index (χ3v) is 5.74. The van der Waals surface area contributed by atoms with E-state index in [0.717, 1.165) is 15.6 Å². The van der Waals surface area contributed by atoms with Crippen molar-refractivity contribution in [3.63, 3.8) is 0 Å². The van der Waals surface area contributed by atoms with E-state index in [1.54, 1.807) is 25.1 Å². The van der Waals surface area contributed by atoms with Crippen molar-refractivity contribution in [2.75, 3.05) is 13.7 Å². The van der Waals surface area contributed by atoms with Crippen LogP contribution < -0.4 is 10.1 Å². The highest BCUT2D eigenvalue weighted by molar-refractivity contribution is 9.10. The molecule has 0 heterocycles. The minimum absolute atomic E-state index is 0.0259. The van der Waals surface area contributed by atoms with Crippen LogP contribution in [0.3, 0.4) is 0 Å². The molecule has 0 bridgehead atoms. The van der Waals surface area contributed by atoms with Crippen molar-refractivity contribution in [3.05, 3.63) is 63.4 Å². The molecule has 1 N–H and O–H groups in total. The van der Waals surface area contributed by atoms with Gasteiger partial charge in [0.05, 0.1) is 0 Å². The molecular formula is C21H24BrFN2O3. The van der Waals surface area contributed by atoms with Gasteiger partial charge in [0.2, 0.25) is 5.91 Å². The predicted octanol–water partition coefficient (Wildman–Crippen LogP) is 3.75. The van der Waals surface area contributed by atoms with Gasteiger partial charge >= 0.3 is 0 Å². The third-order valence-electron chi connectivity index (χ3n) is 4.48. The van der Waals surface area contributed by atoms with Crippen LogP contribution >= 0.6 is 15.9 Å². The Labute approximate surface area is 173 Å². The molecule has 2 aromatic rings. The molecule has 28 heavy (non-hydrogen) atoms. The van der Waals surface area contributed by atoms with Gasteiger partial charge in [-0.1, -0.05) is 34.1 Å². The Kier molecular flexibility index (Phi) is 7.57. The second-order valence-electron chi connectivity index (χ2n) is 6.56. The van der Waals surface area contributed by atoms with Gasteiger partial charge in [-0.05, 0) is 50.1 Å². The van der Waals surface area contributed by atoms with Gasteiger partial charge < -0.3 is 15.0 Å². The highest BCUT2D eigenvalue weighted by Crippen LogP contribution is 2.26. The molecule has 1 atom stereocenters. The number of benzene rings is 2. The maximum atomic E-state index is 14.1. The van der Waals surface area contributed by atoms with Gasteiger partial charge in [0.1, 0.15) is 17.6 Å². The summed E-state index contributed by atoms with van der Waals surface area (Å²) in [5, 5.41) is 2.52. The molecule has 0 aliphatic carbocycles. The summed E-state index contributed by atoms with van der Waals surface area (Å²) in [5.74, 6) is -0.605. The van der Waals surface area contributed by atoms with Gasteiger partial charge in [-0.15, -0.1) is 0 Å². The van der Waals surface area contributed by atoms with Crippen LogP contribution in [-0.2, 0) is 16.1 Å². The summed E-state index contributed by atoms with van der Waals surface area (Å²) in [7, 11) is 1.49. The molecule has 0 aliphatic rings. The van der Waals surface area contributed by atoms with Gasteiger partial charge in [0, 0.05) is 23.6 Å². The van der Waals surface area contributed by atoms with Crippen LogP contribution in [0.1, 0.15) is 23.6 Å². The standard InChI is InChI=1S/C21H24BrFN2O3/c1-13-9-17(10-14(2)20(13)22)28-12-19(26)25(15(3)21(27)24-4)11-16-7-5-6-8-18(16)23/h5-10,15H,11-12H2,1-4H3,(H,24,27)/t15-/m1/s1. The second kappa shape index (κ2) is 9.68. The second-order valence-corrected chi connectivity index (χ2v) is 7.36. The number of hydrogen-bond donors (Lipinski definition) is 1. The number of rotatable bonds is 7. The number of likely N-dealkylation sites (N-methyl/N-ethyl adjacent to an activating group) is 1. The molecule has 5 nitrogen and oxygen atoms in total. The topological polar surface area (TPSA) is 58.6 Å². The predicted molar refractivity (Wildman–Crippen MR) is 110 cm³/mol. The maximum Gasteiger partial charge on any atom is 0.261 e. The van der Waals surface area contributed by atoms with Crippen molar-refractivity contribution in [2.45, 2.75) is 33.4 Å². The van der Waals surface area contributed by atoms with E-state index >= 15 is 0 Å². The number of nitrogens with one attached hydrogen (secondary N) is 1. The summed E-state index contributed by atoms with van der Waals surface area (Å²) >= 11 is 3.49. The molecule has 0 saturated heterocycles. The van der Waals surface area contributed by atoms with E-state index in [-0.39, 0.29) is 19.1 Å². The fourth-order valence-corrected chi connectivity index (χ4v) is 3.05. The Morgan fingerprint density at radius 1 is 1.21 bits per heavy atom. The van der Waals surface area contributed by atoms with Gasteiger partial charge in [0.25, 0.3) is 5.91 Å². The SMILES string of the molecule is CNC(=O)[C@@H](C)N(Cc1ccccc1F)C(=O)COc1cc(C)c(Br)c(C)c1. The quantitative estimate of drug-likeness (QED) is 0.698. The number of aryl methyl sites for hydroxylation is 2. The molecule has 0 aliphatic heterocycles. The number of carbonyl (C=O) groups is 2. The number of carbonyl (C=O) groups excluding carboxylic acids is 2. The Morgan fingerprint density at radius 2 is 1.82 bits per heavy atom. The van der Waals surface area contributed by atoms with Crippen LogP contribution in [0.5, 0.6) is 5.75 Å². The fourth-order valence-electron chi connectivity index (χ4n) is 2.82. The van der Waals surface area contributed by atoms with Crippen LogP contribution in [0, 0.1) is 19.7 Å². The van der Waals surface area contributed by atoms with Crippen molar-refractivity contribution >= 4 is 27.7 Å².